The van der Waals surface area contributed by atoms with E-state index in [1.807, 2.05) is 30.3 Å². The molecule has 0 radical (unpaired) electrons. The fourth-order valence-electron chi connectivity index (χ4n) is 2.34. The van der Waals surface area contributed by atoms with Crippen molar-refractivity contribution in [2.45, 2.75) is 19.3 Å². The van der Waals surface area contributed by atoms with Gasteiger partial charge in [0.25, 0.3) is 0 Å². The molecule has 0 amide bonds. The van der Waals surface area contributed by atoms with E-state index in [4.69, 9.17) is 10.5 Å². The summed E-state index contributed by atoms with van der Waals surface area (Å²) in [6, 6.07) is 14.2. The molecule has 2 aromatic rings. The Balaban J connectivity index is 2.51. The van der Waals surface area contributed by atoms with Crippen LogP contribution in [0.3, 0.4) is 0 Å². The Bertz CT molecular complexity index is 610. The van der Waals surface area contributed by atoms with Crippen LogP contribution in [0.2, 0.25) is 0 Å². The van der Waals surface area contributed by atoms with Gasteiger partial charge in [-0.25, -0.2) is 0 Å². The van der Waals surface area contributed by atoms with E-state index in [2.05, 4.69) is 47.6 Å². The molecule has 0 heterocycles. The molecule has 0 aliphatic rings. The summed E-state index contributed by atoms with van der Waals surface area (Å²) in [6.45, 7) is 6.71. The number of benzene rings is 2. The summed E-state index contributed by atoms with van der Waals surface area (Å²) in [5, 5.41) is 0. The smallest absolute Gasteiger partial charge is 0.146 e. The minimum atomic E-state index is 0.0536. The quantitative estimate of drug-likeness (QED) is 0.581. The first-order chi connectivity index (χ1) is 10.2. The van der Waals surface area contributed by atoms with Crippen LogP contribution in [0.15, 0.2) is 59.6 Å². The molecule has 1 unspecified atom stereocenters. The predicted octanol–water partition coefficient (Wildman–Crippen LogP) is 5.14. The summed E-state index contributed by atoms with van der Waals surface area (Å²) >= 11 is 3.52. The summed E-state index contributed by atoms with van der Waals surface area (Å²) in [5.74, 6) is 0.812. The fourth-order valence-corrected chi connectivity index (χ4v) is 2.83. The maximum atomic E-state index is 6.14. The van der Waals surface area contributed by atoms with Gasteiger partial charge >= 0.3 is 0 Å². The number of ether oxygens (including phenoxy) is 1. The zero-order valence-corrected chi connectivity index (χ0v) is 13.8. The highest BCUT2D eigenvalue weighted by molar-refractivity contribution is 9.10. The van der Waals surface area contributed by atoms with E-state index in [-0.39, 0.29) is 5.92 Å². The first-order valence-corrected chi connectivity index (χ1v) is 7.85. The minimum absolute atomic E-state index is 0.0536. The van der Waals surface area contributed by atoms with Crippen molar-refractivity contribution in [3.63, 3.8) is 0 Å². The zero-order chi connectivity index (χ0) is 15.2. The van der Waals surface area contributed by atoms with Crippen LogP contribution in [0.4, 0.5) is 5.69 Å². The van der Waals surface area contributed by atoms with Crippen LogP contribution in [-0.4, -0.2) is 6.61 Å². The van der Waals surface area contributed by atoms with Crippen molar-refractivity contribution in [2.75, 3.05) is 12.3 Å². The van der Waals surface area contributed by atoms with Gasteiger partial charge in [0.05, 0.1) is 12.3 Å². The average Bonchev–Trinajstić information content (AvgIpc) is 2.48. The number of anilines is 1. The van der Waals surface area contributed by atoms with Gasteiger partial charge < -0.3 is 10.5 Å². The number of nitrogens with two attached hydrogens (primary N) is 1. The molecular formula is C18H20BrNO. The molecule has 0 aliphatic heterocycles. The molecule has 21 heavy (non-hydrogen) atoms. The molecule has 2 rings (SSSR count). The number of halogens is 1. The summed E-state index contributed by atoms with van der Waals surface area (Å²) in [6.07, 6.45) is 2.87. The molecule has 2 N–H and O–H groups in total. The van der Waals surface area contributed by atoms with Gasteiger partial charge in [0.1, 0.15) is 5.75 Å². The van der Waals surface area contributed by atoms with Crippen LogP contribution in [0.5, 0.6) is 5.75 Å². The lowest BCUT2D eigenvalue weighted by Gasteiger charge is -2.20. The standard InChI is InChI=1S/C18H20BrNO/c1-3-10-21-18-16(11-14(19)12-17(18)20)15(4-2)13-8-6-5-7-9-13/h4-9,11-12,15H,2-3,10,20H2,1H3. The monoisotopic (exact) mass is 345 g/mol. The van der Waals surface area contributed by atoms with Crippen molar-refractivity contribution >= 4 is 21.6 Å². The van der Waals surface area contributed by atoms with Gasteiger partial charge in [-0.2, -0.15) is 0 Å². The Morgan fingerprint density at radius 3 is 2.62 bits per heavy atom. The molecule has 0 fully saturated rings. The van der Waals surface area contributed by atoms with Gasteiger partial charge in [0.15, 0.2) is 0 Å². The normalized spacial score (nSPS) is 11.9. The molecule has 0 bridgehead atoms. The molecule has 0 aliphatic carbocycles. The van der Waals surface area contributed by atoms with Crippen molar-refractivity contribution < 1.29 is 4.74 Å². The lowest BCUT2D eigenvalue weighted by molar-refractivity contribution is 0.315. The highest BCUT2D eigenvalue weighted by Gasteiger charge is 2.18. The highest BCUT2D eigenvalue weighted by atomic mass is 79.9. The van der Waals surface area contributed by atoms with E-state index in [1.54, 1.807) is 0 Å². The van der Waals surface area contributed by atoms with Crippen molar-refractivity contribution in [1.29, 1.82) is 0 Å². The van der Waals surface area contributed by atoms with E-state index in [9.17, 15) is 0 Å². The van der Waals surface area contributed by atoms with Crippen molar-refractivity contribution in [2.24, 2.45) is 0 Å². The molecular weight excluding hydrogens is 326 g/mol. The number of hydrogen-bond acceptors (Lipinski definition) is 2. The molecule has 2 nitrogen and oxygen atoms in total. The third kappa shape index (κ3) is 3.67. The van der Waals surface area contributed by atoms with Crippen molar-refractivity contribution in [3.8, 4) is 5.75 Å². The predicted molar refractivity (Wildman–Crippen MR) is 92.8 cm³/mol. The number of hydrogen-bond donors (Lipinski definition) is 1. The van der Waals surface area contributed by atoms with Crippen LogP contribution in [0.25, 0.3) is 0 Å². The fraction of sp³-hybridized carbons (Fsp3) is 0.222. The average molecular weight is 346 g/mol. The third-order valence-corrected chi connectivity index (χ3v) is 3.75. The lowest BCUT2D eigenvalue weighted by Crippen LogP contribution is -2.06. The maximum absolute atomic E-state index is 6.14. The number of rotatable bonds is 6. The van der Waals surface area contributed by atoms with E-state index in [0.29, 0.717) is 12.3 Å². The van der Waals surface area contributed by atoms with Gasteiger partial charge in [0, 0.05) is 16.0 Å². The maximum Gasteiger partial charge on any atom is 0.146 e. The Labute approximate surface area is 134 Å². The SMILES string of the molecule is C=CC(c1ccccc1)c1cc(Br)cc(N)c1OCCC. The third-order valence-electron chi connectivity index (χ3n) is 3.29. The summed E-state index contributed by atoms with van der Waals surface area (Å²) in [4.78, 5) is 0. The van der Waals surface area contributed by atoms with Gasteiger partial charge in [-0.05, 0) is 24.1 Å². The first-order valence-electron chi connectivity index (χ1n) is 7.06. The topological polar surface area (TPSA) is 35.2 Å². The van der Waals surface area contributed by atoms with E-state index in [1.165, 1.54) is 5.56 Å². The summed E-state index contributed by atoms with van der Waals surface area (Å²) in [5.41, 5.74) is 9.00. The molecule has 2 aromatic carbocycles. The van der Waals surface area contributed by atoms with E-state index < -0.39 is 0 Å². The van der Waals surface area contributed by atoms with Crippen LogP contribution in [-0.2, 0) is 0 Å². The van der Waals surface area contributed by atoms with Crippen LogP contribution < -0.4 is 10.5 Å². The molecule has 0 saturated heterocycles. The highest BCUT2D eigenvalue weighted by Crippen LogP contribution is 2.39. The Morgan fingerprint density at radius 2 is 2.00 bits per heavy atom. The molecule has 0 saturated carbocycles. The molecule has 110 valence electrons. The van der Waals surface area contributed by atoms with E-state index in [0.717, 1.165) is 22.2 Å². The Kier molecular flexibility index (Phi) is 5.45. The van der Waals surface area contributed by atoms with Gasteiger partial charge in [-0.1, -0.05) is 59.3 Å². The molecule has 0 spiro atoms. The summed E-state index contributed by atoms with van der Waals surface area (Å²) < 4.78 is 6.83. The molecule has 3 heteroatoms. The second-order valence-electron chi connectivity index (χ2n) is 4.89. The zero-order valence-electron chi connectivity index (χ0n) is 12.2. The van der Waals surface area contributed by atoms with Gasteiger partial charge in [-0.3, -0.25) is 0 Å². The minimum Gasteiger partial charge on any atom is -0.491 e. The van der Waals surface area contributed by atoms with Crippen LogP contribution in [0, 0.1) is 0 Å². The Hall–Kier alpha value is -1.74. The van der Waals surface area contributed by atoms with Crippen molar-refractivity contribution in [3.05, 3.63) is 70.7 Å². The van der Waals surface area contributed by atoms with E-state index >= 15 is 0 Å². The number of allylic oxidation sites excluding steroid dienone is 1. The lowest BCUT2D eigenvalue weighted by atomic mass is 9.90. The van der Waals surface area contributed by atoms with Crippen molar-refractivity contribution in [1.82, 2.24) is 0 Å². The largest absolute Gasteiger partial charge is 0.491 e. The van der Waals surface area contributed by atoms with Crippen LogP contribution in [0.1, 0.15) is 30.4 Å². The van der Waals surface area contributed by atoms with Gasteiger partial charge in [0.2, 0.25) is 0 Å². The van der Waals surface area contributed by atoms with Crippen LogP contribution >= 0.6 is 15.9 Å². The first kappa shape index (κ1) is 15.6. The van der Waals surface area contributed by atoms with Gasteiger partial charge in [-0.15, -0.1) is 6.58 Å². The number of nitrogen functional groups attached to an aromatic ring is 1. The molecule has 0 aromatic heterocycles. The Morgan fingerprint density at radius 1 is 1.29 bits per heavy atom. The summed E-state index contributed by atoms with van der Waals surface area (Å²) in [7, 11) is 0. The second kappa shape index (κ2) is 7.32. The second-order valence-corrected chi connectivity index (χ2v) is 5.80. The molecule has 1 atom stereocenters.